The van der Waals surface area contributed by atoms with Crippen molar-refractivity contribution in [1.82, 2.24) is 4.98 Å². The number of anilines is 1. The predicted molar refractivity (Wildman–Crippen MR) is 75.2 cm³/mol. The Morgan fingerprint density at radius 2 is 1.89 bits per heavy atom. The van der Waals surface area contributed by atoms with Gasteiger partial charge < -0.3 is 10.5 Å². The molecule has 94 valence electrons. The summed E-state index contributed by atoms with van der Waals surface area (Å²) in [7, 11) is 1.69. The normalized spacial score (nSPS) is 10.4. The van der Waals surface area contributed by atoms with Crippen molar-refractivity contribution in [1.29, 1.82) is 0 Å². The number of nitrogen functional groups attached to an aromatic ring is 1. The summed E-state index contributed by atoms with van der Waals surface area (Å²) in [5.41, 5.74) is 8.76. The first-order valence-electron chi connectivity index (χ1n) is 5.65. The zero-order valence-electron chi connectivity index (χ0n) is 10.7. The number of rotatable bonds is 3. The van der Waals surface area contributed by atoms with Gasteiger partial charge in [-0.1, -0.05) is 11.8 Å². The molecular formula is C14H16N2OS. The van der Waals surface area contributed by atoms with Crippen LogP contribution in [0, 0.1) is 13.8 Å². The van der Waals surface area contributed by atoms with Gasteiger partial charge in [0, 0.05) is 0 Å². The second-order valence-electron chi connectivity index (χ2n) is 4.12. The lowest BCUT2D eigenvalue weighted by Gasteiger charge is -2.11. The van der Waals surface area contributed by atoms with E-state index < -0.39 is 0 Å². The van der Waals surface area contributed by atoms with Gasteiger partial charge in [-0.05, 0) is 49.2 Å². The highest BCUT2D eigenvalue weighted by Crippen LogP contribution is 2.35. The molecule has 0 radical (unpaired) electrons. The molecule has 1 aromatic carbocycles. The highest BCUT2D eigenvalue weighted by atomic mass is 32.2. The molecule has 0 spiro atoms. The minimum absolute atomic E-state index is 0.673. The van der Waals surface area contributed by atoms with E-state index in [0.717, 1.165) is 15.7 Å². The van der Waals surface area contributed by atoms with Crippen molar-refractivity contribution in [3.63, 3.8) is 0 Å². The van der Waals surface area contributed by atoms with Crippen LogP contribution in [0.2, 0.25) is 0 Å². The third-order valence-electron chi connectivity index (χ3n) is 2.75. The predicted octanol–water partition coefficient (Wildman–Crippen LogP) is 3.44. The smallest absolute Gasteiger partial charge is 0.133 e. The van der Waals surface area contributed by atoms with E-state index in [2.05, 4.69) is 31.0 Å². The Kier molecular flexibility index (Phi) is 3.77. The van der Waals surface area contributed by atoms with Gasteiger partial charge in [-0.15, -0.1) is 0 Å². The van der Waals surface area contributed by atoms with Crippen molar-refractivity contribution in [2.24, 2.45) is 0 Å². The summed E-state index contributed by atoms with van der Waals surface area (Å²) in [6.45, 7) is 4.17. The van der Waals surface area contributed by atoms with E-state index >= 15 is 0 Å². The van der Waals surface area contributed by atoms with Gasteiger partial charge in [-0.25, -0.2) is 4.98 Å². The van der Waals surface area contributed by atoms with Crippen LogP contribution in [0.25, 0.3) is 0 Å². The second-order valence-corrected chi connectivity index (χ2v) is 5.18. The van der Waals surface area contributed by atoms with Gasteiger partial charge in [0.2, 0.25) is 0 Å². The van der Waals surface area contributed by atoms with Crippen LogP contribution in [0.15, 0.2) is 40.4 Å². The molecule has 0 saturated carbocycles. The van der Waals surface area contributed by atoms with Crippen molar-refractivity contribution in [3.8, 4) is 5.75 Å². The lowest BCUT2D eigenvalue weighted by molar-refractivity contribution is 0.404. The summed E-state index contributed by atoms with van der Waals surface area (Å²) < 4.78 is 5.40. The van der Waals surface area contributed by atoms with Gasteiger partial charge in [-0.3, -0.25) is 0 Å². The number of aryl methyl sites for hydroxylation is 2. The van der Waals surface area contributed by atoms with E-state index in [-0.39, 0.29) is 0 Å². The number of pyridine rings is 1. The van der Waals surface area contributed by atoms with Gasteiger partial charge in [0.25, 0.3) is 0 Å². The molecule has 3 nitrogen and oxygen atoms in total. The second kappa shape index (κ2) is 5.31. The van der Waals surface area contributed by atoms with Crippen LogP contribution in [-0.4, -0.2) is 12.1 Å². The summed E-state index contributed by atoms with van der Waals surface area (Å²) in [5, 5.41) is 0.908. The third kappa shape index (κ3) is 2.76. The molecule has 0 atom stereocenters. The molecule has 18 heavy (non-hydrogen) atoms. The average molecular weight is 260 g/mol. The van der Waals surface area contributed by atoms with Gasteiger partial charge in [0.1, 0.15) is 10.8 Å². The van der Waals surface area contributed by atoms with E-state index in [9.17, 15) is 0 Å². The first-order valence-corrected chi connectivity index (χ1v) is 6.46. The van der Waals surface area contributed by atoms with Gasteiger partial charge in [0.05, 0.1) is 23.9 Å². The van der Waals surface area contributed by atoms with Crippen molar-refractivity contribution < 1.29 is 4.74 Å². The minimum Gasteiger partial charge on any atom is -0.496 e. The molecule has 0 aliphatic rings. The standard InChI is InChI=1S/C14H16N2OS/c1-9-6-12(17-3)13(7-10(9)2)18-14-5-4-11(15)8-16-14/h4-8H,15H2,1-3H3. The molecule has 1 heterocycles. The van der Waals surface area contributed by atoms with Crippen molar-refractivity contribution >= 4 is 17.4 Å². The lowest BCUT2D eigenvalue weighted by atomic mass is 10.1. The topological polar surface area (TPSA) is 48.1 Å². The fraction of sp³-hybridized carbons (Fsp3) is 0.214. The zero-order chi connectivity index (χ0) is 13.1. The van der Waals surface area contributed by atoms with Crippen LogP contribution >= 0.6 is 11.8 Å². The van der Waals surface area contributed by atoms with E-state index in [1.807, 2.05) is 12.1 Å². The van der Waals surface area contributed by atoms with Crippen LogP contribution in [0.4, 0.5) is 5.69 Å². The summed E-state index contributed by atoms with van der Waals surface area (Å²) in [6.07, 6.45) is 1.66. The monoisotopic (exact) mass is 260 g/mol. The van der Waals surface area contributed by atoms with Crippen molar-refractivity contribution in [3.05, 3.63) is 41.6 Å². The van der Waals surface area contributed by atoms with Crippen LogP contribution in [0.3, 0.4) is 0 Å². The first-order chi connectivity index (χ1) is 8.60. The van der Waals surface area contributed by atoms with Crippen molar-refractivity contribution in [2.45, 2.75) is 23.8 Å². The van der Waals surface area contributed by atoms with Crippen LogP contribution in [-0.2, 0) is 0 Å². The molecule has 1 aromatic heterocycles. The number of aromatic nitrogens is 1. The summed E-state index contributed by atoms with van der Waals surface area (Å²) in [4.78, 5) is 5.35. The molecule has 2 aromatic rings. The lowest BCUT2D eigenvalue weighted by Crippen LogP contribution is -1.91. The van der Waals surface area contributed by atoms with E-state index in [1.165, 1.54) is 11.1 Å². The fourth-order valence-corrected chi connectivity index (χ4v) is 2.51. The molecule has 0 unspecified atom stereocenters. The largest absolute Gasteiger partial charge is 0.496 e. The molecule has 0 bridgehead atoms. The molecular weight excluding hydrogens is 244 g/mol. The quantitative estimate of drug-likeness (QED) is 0.918. The number of hydrogen-bond acceptors (Lipinski definition) is 4. The first kappa shape index (κ1) is 12.8. The number of nitrogens with two attached hydrogens (primary N) is 1. The summed E-state index contributed by atoms with van der Waals surface area (Å²) >= 11 is 1.58. The maximum atomic E-state index is 5.62. The maximum absolute atomic E-state index is 5.62. The van der Waals surface area contributed by atoms with Gasteiger partial charge in [0.15, 0.2) is 0 Å². The number of methoxy groups -OCH3 is 1. The Hall–Kier alpha value is -1.68. The molecule has 2 N–H and O–H groups in total. The van der Waals surface area contributed by atoms with E-state index in [0.29, 0.717) is 5.69 Å². The Bertz CT molecular complexity index is 552. The molecule has 0 amide bonds. The number of nitrogens with zero attached hydrogens (tertiary/aromatic N) is 1. The van der Waals surface area contributed by atoms with Crippen LogP contribution in [0.5, 0.6) is 5.75 Å². The Morgan fingerprint density at radius 1 is 1.17 bits per heavy atom. The maximum Gasteiger partial charge on any atom is 0.133 e. The fourth-order valence-electron chi connectivity index (χ4n) is 1.57. The van der Waals surface area contributed by atoms with Crippen molar-refractivity contribution in [2.75, 3.05) is 12.8 Å². The Balaban J connectivity index is 2.33. The molecule has 2 rings (SSSR count). The van der Waals surface area contributed by atoms with E-state index in [4.69, 9.17) is 10.5 Å². The third-order valence-corrected chi connectivity index (χ3v) is 3.74. The molecule has 4 heteroatoms. The number of ether oxygens (including phenoxy) is 1. The molecule has 0 saturated heterocycles. The molecule has 0 aliphatic carbocycles. The highest BCUT2D eigenvalue weighted by molar-refractivity contribution is 7.99. The highest BCUT2D eigenvalue weighted by Gasteiger charge is 2.08. The average Bonchev–Trinajstić information content (AvgIpc) is 2.36. The Morgan fingerprint density at radius 3 is 2.50 bits per heavy atom. The Labute approximate surface area is 111 Å². The molecule has 0 aliphatic heterocycles. The number of hydrogen-bond donors (Lipinski definition) is 1. The van der Waals surface area contributed by atoms with E-state index in [1.54, 1.807) is 25.1 Å². The van der Waals surface area contributed by atoms with Crippen LogP contribution in [0.1, 0.15) is 11.1 Å². The summed E-state index contributed by atoms with van der Waals surface area (Å²) in [5.74, 6) is 0.877. The minimum atomic E-state index is 0.673. The van der Waals surface area contributed by atoms with Gasteiger partial charge >= 0.3 is 0 Å². The van der Waals surface area contributed by atoms with Gasteiger partial charge in [-0.2, -0.15) is 0 Å². The van der Waals surface area contributed by atoms with Crippen LogP contribution < -0.4 is 10.5 Å². The SMILES string of the molecule is COc1cc(C)c(C)cc1Sc1ccc(N)cn1. The summed E-state index contributed by atoms with van der Waals surface area (Å²) in [6, 6.07) is 7.93. The number of benzene rings is 1. The zero-order valence-corrected chi connectivity index (χ0v) is 11.5. The molecule has 0 fully saturated rings.